The third-order valence-corrected chi connectivity index (χ3v) is 5.97. The van der Waals surface area contributed by atoms with Gasteiger partial charge in [-0.15, -0.1) is 0 Å². The Labute approximate surface area is 193 Å². The van der Waals surface area contributed by atoms with E-state index in [2.05, 4.69) is 9.97 Å². The van der Waals surface area contributed by atoms with Crippen molar-refractivity contribution in [3.05, 3.63) is 87.5 Å². The molecule has 1 atom stereocenters. The van der Waals surface area contributed by atoms with Gasteiger partial charge >= 0.3 is 5.97 Å². The fourth-order valence-corrected chi connectivity index (χ4v) is 4.09. The number of fused-ring (bicyclic) bond motifs is 1. The monoisotopic (exact) mass is 465 g/mol. The predicted molar refractivity (Wildman–Crippen MR) is 121 cm³/mol. The van der Waals surface area contributed by atoms with Crippen molar-refractivity contribution in [2.24, 2.45) is 0 Å². The van der Waals surface area contributed by atoms with Gasteiger partial charge in [0.25, 0.3) is 0 Å². The molecule has 1 saturated heterocycles. The molecule has 0 radical (unpaired) electrons. The van der Waals surface area contributed by atoms with Crippen molar-refractivity contribution in [1.82, 2.24) is 14.5 Å². The van der Waals surface area contributed by atoms with E-state index in [1.165, 1.54) is 25.3 Å². The second kappa shape index (κ2) is 8.83. The van der Waals surface area contributed by atoms with Crippen molar-refractivity contribution in [3.8, 4) is 11.3 Å². The Bertz CT molecular complexity index is 1460. The summed E-state index contributed by atoms with van der Waals surface area (Å²) in [6, 6.07) is 11.5. The van der Waals surface area contributed by atoms with E-state index in [4.69, 9.17) is 9.47 Å². The number of esters is 1. The minimum Gasteiger partial charge on any atom is -0.465 e. The van der Waals surface area contributed by atoms with Crippen LogP contribution < -0.4 is 5.56 Å². The Balaban J connectivity index is 1.55. The second-order valence-electron chi connectivity index (χ2n) is 8.14. The van der Waals surface area contributed by atoms with Crippen molar-refractivity contribution < 1.29 is 23.0 Å². The smallest absolute Gasteiger partial charge is 0.337 e. The highest BCUT2D eigenvalue weighted by Gasteiger charge is 2.23. The molecule has 0 amide bonds. The summed E-state index contributed by atoms with van der Waals surface area (Å²) in [6.07, 6.45) is 0.892. The van der Waals surface area contributed by atoms with E-state index >= 15 is 4.39 Å². The third-order valence-electron chi connectivity index (χ3n) is 5.97. The molecular formula is C25H21F2N3O4. The standard InChI is InChI=1S/C25H21F2N3O4/c1-33-25(32)14-5-6-21-22(10-14)30(13-16-7-8-34-16)23(28-21)11-15-9-19(27)17(12-18(15)26)20-3-2-4-24(31)29-20/h2-6,9-10,12,16H,7-8,11,13H2,1H3,(H,29,31)/t16-/m0/s1. The SMILES string of the molecule is COC(=O)c1ccc2nc(Cc3cc(F)c(-c4cccc(=O)[nH]4)cc3F)n(C[C@@H]3CCO3)c2c1. The van der Waals surface area contributed by atoms with Gasteiger partial charge in [-0.25, -0.2) is 18.6 Å². The Morgan fingerprint density at radius 1 is 1.21 bits per heavy atom. The highest BCUT2D eigenvalue weighted by Crippen LogP contribution is 2.27. The van der Waals surface area contributed by atoms with Gasteiger partial charge in [0.15, 0.2) is 0 Å². The van der Waals surface area contributed by atoms with Crippen molar-refractivity contribution in [3.63, 3.8) is 0 Å². The van der Waals surface area contributed by atoms with Gasteiger partial charge in [0.05, 0.1) is 42.0 Å². The molecule has 3 heterocycles. The van der Waals surface area contributed by atoms with Crippen LogP contribution in [0.3, 0.4) is 0 Å². The lowest BCUT2D eigenvalue weighted by Crippen LogP contribution is -2.31. The van der Waals surface area contributed by atoms with Crippen LogP contribution in [0.25, 0.3) is 22.3 Å². The van der Waals surface area contributed by atoms with Crippen LogP contribution in [0.4, 0.5) is 8.78 Å². The summed E-state index contributed by atoms with van der Waals surface area (Å²) >= 11 is 0. The summed E-state index contributed by atoms with van der Waals surface area (Å²) in [5.41, 5.74) is 1.57. The molecule has 1 aliphatic heterocycles. The molecule has 0 unspecified atom stereocenters. The number of pyridine rings is 1. The number of hydrogen-bond acceptors (Lipinski definition) is 5. The number of imidazole rings is 1. The van der Waals surface area contributed by atoms with Gasteiger partial charge in [-0.05, 0) is 48.4 Å². The second-order valence-corrected chi connectivity index (χ2v) is 8.14. The summed E-state index contributed by atoms with van der Waals surface area (Å²) in [6.45, 7) is 1.15. The number of nitrogens with zero attached hydrogens (tertiary/aromatic N) is 2. The Morgan fingerprint density at radius 2 is 2.03 bits per heavy atom. The number of halogens is 2. The Hall–Kier alpha value is -3.85. The maximum absolute atomic E-state index is 15.1. The number of ether oxygens (including phenoxy) is 2. The Kier molecular flexibility index (Phi) is 5.70. The van der Waals surface area contributed by atoms with Crippen LogP contribution in [0.5, 0.6) is 0 Å². The first kappa shape index (κ1) is 22.0. The zero-order chi connectivity index (χ0) is 23.8. The summed E-state index contributed by atoms with van der Waals surface area (Å²) in [5, 5.41) is 0. The van der Waals surface area contributed by atoms with Crippen LogP contribution in [0.2, 0.25) is 0 Å². The summed E-state index contributed by atoms with van der Waals surface area (Å²) < 4.78 is 42.3. The largest absolute Gasteiger partial charge is 0.465 e. The molecule has 9 heteroatoms. The third kappa shape index (κ3) is 4.10. The number of nitrogens with one attached hydrogen (secondary N) is 1. The number of carbonyl (C=O) groups is 1. The van der Waals surface area contributed by atoms with Crippen LogP contribution in [-0.2, 0) is 22.4 Å². The molecule has 0 saturated carbocycles. The van der Waals surface area contributed by atoms with Crippen LogP contribution in [0, 0.1) is 11.6 Å². The average molecular weight is 465 g/mol. The molecule has 174 valence electrons. The maximum atomic E-state index is 15.1. The van der Waals surface area contributed by atoms with Crippen molar-refractivity contribution in [2.45, 2.75) is 25.5 Å². The number of rotatable bonds is 6. The summed E-state index contributed by atoms with van der Waals surface area (Å²) in [5.74, 6) is -1.23. The molecule has 0 bridgehead atoms. The molecule has 2 aromatic heterocycles. The molecule has 7 nitrogen and oxygen atoms in total. The predicted octanol–water partition coefficient (Wildman–Crippen LogP) is 3.84. The van der Waals surface area contributed by atoms with Crippen LogP contribution >= 0.6 is 0 Å². The maximum Gasteiger partial charge on any atom is 0.337 e. The molecule has 5 rings (SSSR count). The highest BCUT2D eigenvalue weighted by molar-refractivity contribution is 5.93. The van der Waals surface area contributed by atoms with E-state index in [1.807, 2.05) is 4.57 Å². The molecule has 1 fully saturated rings. The highest BCUT2D eigenvalue weighted by atomic mass is 19.1. The van der Waals surface area contributed by atoms with Gasteiger partial charge in [-0.2, -0.15) is 0 Å². The number of carbonyl (C=O) groups excluding carboxylic acids is 1. The molecular weight excluding hydrogens is 444 g/mol. The molecule has 1 aliphatic rings. The lowest BCUT2D eigenvalue weighted by Gasteiger charge is -2.27. The van der Waals surface area contributed by atoms with E-state index < -0.39 is 23.2 Å². The van der Waals surface area contributed by atoms with E-state index in [-0.39, 0.29) is 29.3 Å². The fraction of sp³-hybridized carbons (Fsp3) is 0.240. The van der Waals surface area contributed by atoms with Crippen molar-refractivity contribution in [1.29, 1.82) is 0 Å². The van der Waals surface area contributed by atoms with E-state index in [1.54, 1.807) is 18.2 Å². The number of methoxy groups -OCH3 is 1. The number of benzene rings is 2. The average Bonchev–Trinajstić information content (AvgIpc) is 3.13. The normalized spacial score (nSPS) is 15.3. The van der Waals surface area contributed by atoms with Gasteiger partial charge in [0, 0.05) is 24.7 Å². The fourth-order valence-electron chi connectivity index (χ4n) is 4.09. The van der Waals surface area contributed by atoms with Crippen LogP contribution in [0.1, 0.15) is 28.2 Å². The van der Waals surface area contributed by atoms with Crippen molar-refractivity contribution in [2.75, 3.05) is 13.7 Å². The van der Waals surface area contributed by atoms with Crippen molar-refractivity contribution >= 4 is 17.0 Å². The number of H-pyrrole nitrogens is 1. The minimum absolute atomic E-state index is 0.0169. The molecule has 4 aromatic rings. The molecule has 1 N–H and O–H groups in total. The van der Waals surface area contributed by atoms with Gasteiger partial charge < -0.3 is 19.0 Å². The number of aromatic nitrogens is 3. The van der Waals surface area contributed by atoms with Crippen LogP contribution in [-0.4, -0.2) is 40.3 Å². The summed E-state index contributed by atoms with van der Waals surface area (Å²) in [4.78, 5) is 30.7. The van der Waals surface area contributed by atoms with Gasteiger partial charge in [-0.3, -0.25) is 4.79 Å². The van der Waals surface area contributed by atoms with E-state index in [0.717, 1.165) is 18.6 Å². The van der Waals surface area contributed by atoms with E-state index in [0.29, 0.717) is 35.6 Å². The first-order valence-corrected chi connectivity index (χ1v) is 10.8. The van der Waals surface area contributed by atoms with Gasteiger partial charge in [0.2, 0.25) is 5.56 Å². The quantitative estimate of drug-likeness (QED) is 0.438. The topological polar surface area (TPSA) is 86.2 Å². The molecule has 2 aromatic carbocycles. The summed E-state index contributed by atoms with van der Waals surface area (Å²) in [7, 11) is 1.31. The molecule has 0 aliphatic carbocycles. The van der Waals surface area contributed by atoms with Crippen LogP contribution in [0.15, 0.2) is 53.3 Å². The van der Waals surface area contributed by atoms with Gasteiger partial charge in [-0.1, -0.05) is 6.07 Å². The first-order chi connectivity index (χ1) is 16.4. The number of hydrogen-bond donors (Lipinski definition) is 1. The molecule has 34 heavy (non-hydrogen) atoms. The minimum atomic E-state index is -0.656. The number of aromatic amines is 1. The zero-order valence-electron chi connectivity index (χ0n) is 18.3. The lowest BCUT2D eigenvalue weighted by molar-refractivity contribution is -0.0589. The Morgan fingerprint density at radius 3 is 2.74 bits per heavy atom. The van der Waals surface area contributed by atoms with E-state index in [9.17, 15) is 14.0 Å². The van der Waals surface area contributed by atoms with Gasteiger partial charge in [0.1, 0.15) is 17.5 Å². The lowest BCUT2D eigenvalue weighted by atomic mass is 10.0. The molecule has 0 spiro atoms. The zero-order valence-corrected chi connectivity index (χ0v) is 18.3. The first-order valence-electron chi connectivity index (χ1n) is 10.8.